The van der Waals surface area contributed by atoms with Gasteiger partial charge < -0.3 is 11.1 Å². The molecule has 1 heterocycles. The summed E-state index contributed by atoms with van der Waals surface area (Å²) in [5, 5.41) is 1.21. The predicted molar refractivity (Wildman–Crippen MR) is 75.7 cm³/mol. The molecule has 0 saturated carbocycles. The van der Waals surface area contributed by atoms with Gasteiger partial charge in [0, 0.05) is 6.54 Å². The molecule has 2 atom stereocenters. The number of amidine groups is 1. The van der Waals surface area contributed by atoms with Crippen molar-refractivity contribution in [3.8, 4) is 0 Å². The average molecular weight is 335 g/mol. The lowest BCUT2D eigenvalue weighted by Gasteiger charge is -2.16. The quantitative estimate of drug-likeness (QED) is 0.827. The molecule has 0 spiro atoms. The van der Waals surface area contributed by atoms with Crippen molar-refractivity contribution in [2.75, 3.05) is 0 Å². The van der Waals surface area contributed by atoms with Gasteiger partial charge in [0.2, 0.25) is 5.91 Å². The molecule has 1 aromatic carbocycles. The number of halogens is 4. The normalized spacial score (nSPS) is 21.1. The average Bonchev–Trinajstić information content (AvgIpc) is 2.86. The highest BCUT2D eigenvalue weighted by Gasteiger charge is 2.40. The molecule has 0 radical (unpaired) electrons. The Morgan fingerprint density at radius 1 is 1.45 bits per heavy atom. The number of amides is 1. The monoisotopic (exact) mass is 335 g/mol. The summed E-state index contributed by atoms with van der Waals surface area (Å²) >= 11 is 0.757. The van der Waals surface area contributed by atoms with Crippen LogP contribution in [0.2, 0.25) is 0 Å². The summed E-state index contributed by atoms with van der Waals surface area (Å²) in [6, 6.07) is 0.763. The van der Waals surface area contributed by atoms with Crippen LogP contribution < -0.4 is 11.1 Å². The fraction of sp³-hybridized carbons (Fsp3) is 0.385. The summed E-state index contributed by atoms with van der Waals surface area (Å²) in [5.74, 6) is -2.67. The summed E-state index contributed by atoms with van der Waals surface area (Å²) in [6.07, 6.45) is -2.81. The van der Waals surface area contributed by atoms with Crippen LogP contribution in [-0.2, 0) is 11.3 Å². The largest absolute Gasteiger partial charge is 0.379 e. The van der Waals surface area contributed by atoms with Gasteiger partial charge in [-0.05, 0) is 24.1 Å². The van der Waals surface area contributed by atoms with Crippen LogP contribution in [0, 0.1) is 18.6 Å². The first-order valence-electron chi connectivity index (χ1n) is 6.30. The van der Waals surface area contributed by atoms with Gasteiger partial charge in [-0.3, -0.25) is 9.79 Å². The van der Waals surface area contributed by atoms with E-state index in [1.165, 1.54) is 13.0 Å². The first kappa shape index (κ1) is 16.6. The van der Waals surface area contributed by atoms with Gasteiger partial charge in [0.25, 0.3) is 6.43 Å². The van der Waals surface area contributed by atoms with Crippen LogP contribution in [0.5, 0.6) is 0 Å². The molecule has 0 aliphatic carbocycles. The van der Waals surface area contributed by atoms with Crippen molar-refractivity contribution in [3.05, 3.63) is 34.9 Å². The lowest BCUT2D eigenvalue weighted by atomic mass is 10.1. The molecule has 1 aliphatic heterocycles. The van der Waals surface area contributed by atoms with E-state index in [0.717, 1.165) is 17.8 Å². The van der Waals surface area contributed by atoms with E-state index in [0.29, 0.717) is 5.56 Å². The second-order valence-corrected chi connectivity index (χ2v) is 5.86. The Morgan fingerprint density at radius 3 is 2.77 bits per heavy atom. The first-order valence-corrected chi connectivity index (χ1v) is 7.18. The van der Waals surface area contributed by atoms with Crippen molar-refractivity contribution in [1.82, 2.24) is 5.32 Å². The van der Waals surface area contributed by atoms with Gasteiger partial charge >= 0.3 is 0 Å². The molecule has 0 fully saturated rings. The fourth-order valence-electron chi connectivity index (χ4n) is 2.01. The van der Waals surface area contributed by atoms with E-state index >= 15 is 0 Å². The molecule has 2 rings (SSSR count). The third-order valence-electron chi connectivity index (χ3n) is 3.26. The molecule has 4 nitrogen and oxygen atoms in total. The summed E-state index contributed by atoms with van der Waals surface area (Å²) < 4.78 is 52.0. The Hall–Kier alpha value is -1.77. The highest BCUT2D eigenvalue weighted by molar-refractivity contribution is 8.15. The molecule has 1 aliphatic rings. The number of alkyl halides is 2. The summed E-state index contributed by atoms with van der Waals surface area (Å²) in [4.78, 5) is 15.5. The Morgan fingerprint density at radius 2 is 2.14 bits per heavy atom. The molecule has 1 aromatic rings. The number of benzene rings is 1. The topological polar surface area (TPSA) is 67.5 Å². The molecule has 2 unspecified atom stereocenters. The fourth-order valence-corrected chi connectivity index (χ4v) is 2.96. The van der Waals surface area contributed by atoms with E-state index in [4.69, 9.17) is 5.73 Å². The molecular formula is C13H13F4N3OS. The molecule has 3 N–H and O–H groups in total. The standard InChI is InChI=1S/C13H13F4N3OS/c1-5-6(2-3-7(14)8(5)15)4-19-12(21)10-9(11(16)17)20-13(18)22-10/h2-3,9-11H,4H2,1H3,(H2,18,20)(H,19,21). The third kappa shape index (κ3) is 3.34. The van der Waals surface area contributed by atoms with E-state index in [2.05, 4.69) is 10.3 Å². The SMILES string of the molecule is Cc1c(CNC(=O)C2SC(N)=NC2C(F)F)ccc(F)c1F. The molecule has 22 heavy (non-hydrogen) atoms. The van der Waals surface area contributed by atoms with Gasteiger partial charge in [0.1, 0.15) is 11.3 Å². The molecule has 0 saturated heterocycles. The van der Waals surface area contributed by atoms with Crippen molar-refractivity contribution in [3.63, 3.8) is 0 Å². The van der Waals surface area contributed by atoms with Gasteiger partial charge in [0.05, 0.1) is 0 Å². The summed E-state index contributed by atoms with van der Waals surface area (Å²) in [5.41, 5.74) is 5.78. The number of thioether (sulfide) groups is 1. The zero-order valence-corrected chi connectivity index (χ0v) is 12.3. The van der Waals surface area contributed by atoms with Crippen molar-refractivity contribution < 1.29 is 22.4 Å². The zero-order valence-electron chi connectivity index (χ0n) is 11.4. The second kappa shape index (κ2) is 6.55. The number of aliphatic imine (C=N–C) groups is 1. The van der Waals surface area contributed by atoms with Gasteiger partial charge in [0.15, 0.2) is 16.8 Å². The number of hydrogen-bond acceptors (Lipinski definition) is 4. The van der Waals surface area contributed by atoms with Gasteiger partial charge in [-0.15, -0.1) is 0 Å². The second-order valence-electron chi connectivity index (χ2n) is 4.69. The Labute approximate surface area is 128 Å². The van der Waals surface area contributed by atoms with Crippen LogP contribution in [0.3, 0.4) is 0 Å². The highest BCUT2D eigenvalue weighted by Crippen LogP contribution is 2.29. The third-order valence-corrected chi connectivity index (χ3v) is 4.35. The van der Waals surface area contributed by atoms with Crippen molar-refractivity contribution in [2.45, 2.75) is 31.2 Å². The number of hydrogen-bond donors (Lipinski definition) is 2. The molecule has 9 heteroatoms. The Bertz CT molecular complexity index is 624. The minimum atomic E-state index is -2.81. The van der Waals surface area contributed by atoms with E-state index in [1.54, 1.807) is 0 Å². The number of carbonyl (C=O) groups is 1. The van der Waals surface area contributed by atoms with Crippen LogP contribution in [-0.4, -0.2) is 28.8 Å². The van der Waals surface area contributed by atoms with Crippen LogP contribution in [0.1, 0.15) is 11.1 Å². The smallest absolute Gasteiger partial charge is 0.262 e. The summed E-state index contributed by atoms with van der Waals surface area (Å²) in [6.45, 7) is 1.27. The van der Waals surface area contributed by atoms with E-state index in [-0.39, 0.29) is 17.3 Å². The molecule has 120 valence electrons. The van der Waals surface area contributed by atoms with Crippen LogP contribution in [0.4, 0.5) is 17.6 Å². The predicted octanol–water partition coefficient (Wildman–Crippen LogP) is 1.95. The van der Waals surface area contributed by atoms with Gasteiger partial charge in [-0.25, -0.2) is 17.6 Å². The zero-order chi connectivity index (χ0) is 16.4. The number of nitrogens with zero attached hydrogens (tertiary/aromatic N) is 1. The lowest BCUT2D eigenvalue weighted by Crippen LogP contribution is -2.40. The van der Waals surface area contributed by atoms with Gasteiger partial charge in [-0.2, -0.15) is 0 Å². The maximum Gasteiger partial charge on any atom is 0.262 e. The Kier molecular flexibility index (Phi) is 4.94. The van der Waals surface area contributed by atoms with Crippen LogP contribution >= 0.6 is 11.8 Å². The highest BCUT2D eigenvalue weighted by atomic mass is 32.2. The van der Waals surface area contributed by atoms with E-state index < -0.39 is 35.3 Å². The first-order chi connectivity index (χ1) is 10.3. The molecule has 0 aromatic heterocycles. The number of carbonyl (C=O) groups excluding carboxylic acids is 1. The minimum Gasteiger partial charge on any atom is -0.379 e. The molecule has 0 bridgehead atoms. The molecule has 1 amide bonds. The van der Waals surface area contributed by atoms with Crippen molar-refractivity contribution in [1.29, 1.82) is 0 Å². The Balaban J connectivity index is 2.03. The van der Waals surface area contributed by atoms with Gasteiger partial charge in [-0.1, -0.05) is 17.8 Å². The molecular weight excluding hydrogens is 322 g/mol. The maximum atomic E-state index is 13.4. The number of rotatable bonds is 4. The van der Waals surface area contributed by atoms with E-state index in [9.17, 15) is 22.4 Å². The van der Waals surface area contributed by atoms with Crippen LogP contribution in [0.25, 0.3) is 0 Å². The minimum absolute atomic E-state index is 0.0561. The van der Waals surface area contributed by atoms with E-state index in [1.807, 2.05) is 0 Å². The lowest BCUT2D eigenvalue weighted by molar-refractivity contribution is -0.121. The van der Waals surface area contributed by atoms with Crippen molar-refractivity contribution in [2.24, 2.45) is 10.7 Å². The maximum absolute atomic E-state index is 13.4. The van der Waals surface area contributed by atoms with Crippen molar-refractivity contribution >= 4 is 22.8 Å². The van der Waals surface area contributed by atoms with Crippen LogP contribution in [0.15, 0.2) is 17.1 Å². The summed E-state index contributed by atoms with van der Waals surface area (Å²) in [7, 11) is 0. The number of nitrogens with one attached hydrogen (secondary N) is 1. The number of nitrogens with two attached hydrogens (primary N) is 1.